The third-order valence-corrected chi connectivity index (χ3v) is 2.29. The molecule has 1 unspecified atom stereocenters. The van der Waals surface area contributed by atoms with Gasteiger partial charge in [-0.15, -0.1) is 12.3 Å². The van der Waals surface area contributed by atoms with Crippen LogP contribution in [0.1, 0.15) is 26.7 Å². The smallest absolute Gasteiger partial charge is 0.0775 e. The number of nitrogens with one attached hydrogen (secondary N) is 1. The van der Waals surface area contributed by atoms with Gasteiger partial charge in [0, 0.05) is 19.6 Å². The molecule has 0 aromatic rings. The Morgan fingerprint density at radius 3 is 2.50 bits per heavy atom. The molecular formula is C10H19NO. The first-order valence-electron chi connectivity index (χ1n) is 4.24. The predicted octanol–water partition coefficient (Wildman–Crippen LogP) is 1.41. The lowest BCUT2D eigenvalue weighted by Crippen LogP contribution is -2.46. The van der Waals surface area contributed by atoms with Gasteiger partial charge >= 0.3 is 0 Å². The maximum Gasteiger partial charge on any atom is 0.0775 e. The molecule has 0 saturated carbocycles. The Labute approximate surface area is 75.7 Å². The fraction of sp³-hybridized carbons (Fsp3) is 0.800. The van der Waals surface area contributed by atoms with E-state index in [-0.39, 0.29) is 5.60 Å². The van der Waals surface area contributed by atoms with Crippen LogP contribution in [0.4, 0.5) is 0 Å². The molecule has 0 spiro atoms. The van der Waals surface area contributed by atoms with Gasteiger partial charge in [-0.25, -0.2) is 0 Å². The molecule has 0 radical (unpaired) electrons. The van der Waals surface area contributed by atoms with Crippen LogP contribution in [0, 0.1) is 12.3 Å². The van der Waals surface area contributed by atoms with Gasteiger partial charge in [-0.3, -0.25) is 0 Å². The van der Waals surface area contributed by atoms with E-state index < -0.39 is 0 Å². The van der Waals surface area contributed by atoms with E-state index in [1.165, 1.54) is 0 Å². The summed E-state index contributed by atoms with van der Waals surface area (Å²) >= 11 is 0. The summed E-state index contributed by atoms with van der Waals surface area (Å²) in [5.41, 5.74) is -0.147. The largest absolute Gasteiger partial charge is 0.377 e. The Balaban J connectivity index is 4.06. The summed E-state index contributed by atoms with van der Waals surface area (Å²) in [6.07, 6.45) is 6.94. The van der Waals surface area contributed by atoms with Crippen molar-refractivity contribution in [3.63, 3.8) is 0 Å². The number of likely N-dealkylation sites (N-methyl/N-ethyl adjacent to an activating group) is 1. The molecule has 12 heavy (non-hydrogen) atoms. The minimum atomic E-state index is -0.147. The molecule has 2 nitrogen and oxygen atoms in total. The van der Waals surface area contributed by atoms with Crippen LogP contribution in [0.5, 0.6) is 0 Å². The zero-order chi connectivity index (χ0) is 9.61. The van der Waals surface area contributed by atoms with Crippen molar-refractivity contribution in [1.82, 2.24) is 5.32 Å². The topological polar surface area (TPSA) is 21.3 Å². The molecule has 0 bridgehead atoms. The van der Waals surface area contributed by atoms with E-state index >= 15 is 0 Å². The molecule has 1 N–H and O–H groups in total. The van der Waals surface area contributed by atoms with E-state index in [0.29, 0.717) is 6.04 Å². The summed E-state index contributed by atoms with van der Waals surface area (Å²) in [6.45, 7) is 4.12. The van der Waals surface area contributed by atoms with Crippen molar-refractivity contribution in [3.05, 3.63) is 0 Å². The van der Waals surface area contributed by atoms with Crippen LogP contribution in [-0.4, -0.2) is 25.8 Å². The van der Waals surface area contributed by atoms with E-state index in [9.17, 15) is 0 Å². The van der Waals surface area contributed by atoms with E-state index in [0.717, 1.165) is 12.8 Å². The number of hydrogen-bond donors (Lipinski definition) is 1. The second-order valence-electron chi connectivity index (χ2n) is 3.39. The Bertz CT molecular complexity index is 158. The number of ether oxygens (including phenoxy) is 1. The van der Waals surface area contributed by atoms with Crippen molar-refractivity contribution in [2.45, 2.75) is 38.3 Å². The molecule has 1 atom stereocenters. The highest BCUT2D eigenvalue weighted by molar-refractivity contribution is 4.91. The van der Waals surface area contributed by atoms with Crippen LogP contribution in [0.3, 0.4) is 0 Å². The normalized spacial score (nSPS) is 13.9. The number of hydrogen-bond acceptors (Lipinski definition) is 2. The molecule has 0 rings (SSSR count). The van der Waals surface area contributed by atoms with Crippen LogP contribution < -0.4 is 5.32 Å². The number of rotatable bonds is 5. The van der Waals surface area contributed by atoms with Gasteiger partial charge < -0.3 is 10.1 Å². The maximum atomic E-state index is 5.36. The molecule has 0 aliphatic rings. The maximum absolute atomic E-state index is 5.36. The summed E-state index contributed by atoms with van der Waals surface area (Å²) in [5.74, 6) is 2.63. The molecule has 0 saturated heterocycles. The minimum Gasteiger partial charge on any atom is -0.377 e. The van der Waals surface area contributed by atoms with Crippen molar-refractivity contribution in [2.24, 2.45) is 0 Å². The first kappa shape index (κ1) is 11.5. The van der Waals surface area contributed by atoms with Gasteiger partial charge in [-0.2, -0.15) is 0 Å². The lowest BCUT2D eigenvalue weighted by Gasteiger charge is -2.32. The molecule has 0 aliphatic carbocycles. The molecule has 70 valence electrons. The van der Waals surface area contributed by atoms with E-state index in [2.05, 4.69) is 25.1 Å². The van der Waals surface area contributed by atoms with Crippen molar-refractivity contribution >= 4 is 0 Å². The van der Waals surface area contributed by atoms with Gasteiger partial charge in [-0.1, -0.05) is 0 Å². The number of terminal acetylenes is 1. The molecule has 2 heteroatoms. The third-order valence-electron chi connectivity index (χ3n) is 2.29. The van der Waals surface area contributed by atoms with Gasteiger partial charge in [0.05, 0.1) is 5.60 Å². The van der Waals surface area contributed by atoms with Crippen LogP contribution >= 0.6 is 0 Å². The minimum absolute atomic E-state index is 0.147. The summed E-state index contributed by atoms with van der Waals surface area (Å²) in [6, 6.07) is 0.318. The van der Waals surface area contributed by atoms with E-state index in [1.54, 1.807) is 7.11 Å². The molecule has 0 heterocycles. The predicted molar refractivity (Wildman–Crippen MR) is 52.0 cm³/mol. The summed E-state index contributed by atoms with van der Waals surface area (Å²) in [5, 5.41) is 3.21. The molecule has 0 aromatic carbocycles. The first-order chi connectivity index (χ1) is 5.58. The molecular weight excluding hydrogens is 150 g/mol. The fourth-order valence-electron chi connectivity index (χ4n) is 1.21. The zero-order valence-corrected chi connectivity index (χ0v) is 8.48. The highest BCUT2D eigenvalue weighted by Gasteiger charge is 2.26. The van der Waals surface area contributed by atoms with Gasteiger partial charge in [0.1, 0.15) is 0 Å². The quantitative estimate of drug-likeness (QED) is 0.628. The van der Waals surface area contributed by atoms with Crippen molar-refractivity contribution < 1.29 is 4.74 Å². The van der Waals surface area contributed by atoms with Crippen LogP contribution in [0.2, 0.25) is 0 Å². The Kier molecular flexibility index (Phi) is 4.96. The second kappa shape index (κ2) is 5.18. The lowest BCUT2D eigenvalue weighted by molar-refractivity contribution is -0.00996. The highest BCUT2D eigenvalue weighted by atomic mass is 16.5. The lowest BCUT2D eigenvalue weighted by atomic mass is 9.94. The van der Waals surface area contributed by atoms with E-state index in [4.69, 9.17) is 11.2 Å². The van der Waals surface area contributed by atoms with Crippen LogP contribution in [-0.2, 0) is 4.74 Å². The SMILES string of the molecule is C#CCCC(NC)C(C)(C)OC. The Morgan fingerprint density at radius 2 is 2.17 bits per heavy atom. The average Bonchev–Trinajstić information content (AvgIpc) is 2.05. The summed E-state index contributed by atoms with van der Waals surface area (Å²) < 4.78 is 5.36. The first-order valence-corrected chi connectivity index (χ1v) is 4.24. The molecule has 0 aliphatic heterocycles. The van der Waals surface area contributed by atoms with Crippen LogP contribution in [0.15, 0.2) is 0 Å². The molecule has 0 fully saturated rings. The fourth-order valence-corrected chi connectivity index (χ4v) is 1.21. The van der Waals surface area contributed by atoms with Gasteiger partial charge in [0.15, 0.2) is 0 Å². The number of methoxy groups -OCH3 is 1. The van der Waals surface area contributed by atoms with Crippen molar-refractivity contribution in [1.29, 1.82) is 0 Å². The van der Waals surface area contributed by atoms with Gasteiger partial charge in [-0.05, 0) is 27.3 Å². The third kappa shape index (κ3) is 3.25. The zero-order valence-electron chi connectivity index (χ0n) is 8.48. The highest BCUT2D eigenvalue weighted by Crippen LogP contribution is 2.17. The average molecular weight is 169 g/mol. The van der Waals surface area contributed by atoms with Gasteiger partial charge in [0.2, 0.25) is 0 Å². The van der Waals surface area contributed by atoms with Crippen LogP contribution in [0.25, 0.3) is 0 Å². The second-order valence-corrected chi connectivity index (χ2v) is 3.39. The van der Waals surface area contributed by atoms with E-state index in [1.807, 2.05) is 7.05 Å². The molecule has 0 amide bonds. The monoisotopic (exact) mass is 169 g/mol. The summed E-state index contributed by atoms with van der Waals surface area (Å²) in [4.78, 5) is 0. The summed E-state index contributed by atoms with van der Waals surface area (Å²) in [7, 11) is 3.65. The molecule has 0 aromatic heterocycles. The van der Waals surface area contributed by atoms with Crippen molar-refractivity contribution in [2.75, 3.05) is 14.2 Å². The standard InChI is InChI=1S/C10H19NO/c1-6-7-8-9(11-4)10(2,3)12-5/h1,9,11H,7-8H2,2-5H3. The van der Waals surface area contributed by atoms with Gasteiger partial charge in [0.25, 0.3) is 0 Å². The Morgan fingerprint density at radius 1 is 1.58 bits per heavy atom. The Hall–Kier alpha value is -0.520. The van der Waals surface area contributed by atoms with Crippen molar-refractivity contribution in [3.8, 4) is 12.3 Å².